The number of halogens is 2. The lowest BCUT2D eigenvalue weighted by atomic mass is 10.4. The predicted octanol–water partition coefficient (Wildman–Crippen LogP) is 4.06. The van der Waals surface area contributed by atoms with Gasteiger partial charge in [0.05, 0.1) is 16.9 Å². The molecule has 0 bridgehead atoms. The van der Waals surface area contributed by atoms with Gasteiger partial charge in [-0.05, 0) is 47.1 Å². The highest BCUT2D eigenvalue weighted by Gasteiger charge is 2.08. The summed E-state index contributed by atoms with van der Waals surface area (Å²) >= 11 is 5.21. The van der Waals surface area contributed by atoms with Gasteiger partial charge in [-0.1, -0.05) is 0 Å². The maximum atomic E-state index is 4.72. The van der Waals surface area contributed by atoms with Gasteiger partial charge in [0, 0.05) is 37.4 Å². The minimum absolute atomic E-state index is 0. The summed E-state index contributed by atoms with van der Waals surface area (Å²) in [5, 5.41) is 3.35. The van der Waals surface area contributed by atoms with Crippen LogP contribution in [0.2, 0.25) is 0 Å². The molecule has 0 aromatic carbocycles. The Bertz CT molecular complexity index is 608. The Morgan fingerprint density at radius 1 is 1.41 bits per heavy atom. The van der Waals surface area contributed by atoms with Crippen LogP contribution in [0.3, 0.4) is 0 Å². The molecule has 22 heavy (non-hydrogen) atoms. The summed E-state index contributed by atoms with van der Waals surface area (Å²) in [4.78, 5) is 8.13. The summed E-state index contributed by atoms with van der Waals surface area (Å²) in [6, 6.07) is 8.38. The lowest BCUT2D eigenvalue weighted by Gasteiger charge is -2.22. The summed E-state index contributed by atoms with van der Waals surface area (Å²) in [6.07, 6.45) is 2.07. The Balaban J connectivity index is 0.00000242. The fourth-order valence-electron chi connectivity index (χ4n) is 2.04. The molecule has 7 heteroatoms. The van der Waals surface area contributed by atoms with Crippen LogP contribution in [-0.2, 0) is 20.1 Å². The zero-order chi connectivity index (χ0) is 15.2. The second kappa shape index (κ2) is 9.57. The number of thiophene rings is 1. The minimum atomic E-state index is 0. The van der Waals surface area contributed by atoms with Gasteiger partial charge in [0.1, 0.15) is 0 Å². The van der Waals surface area contributed by atoms with E-state index in [4.69, 9.17) is 4.99 Å². The van der Waals surface area contributed by atoms with Gasteiger partial charge in [0.2, 0.25) is 0 Å². The van der Waals surface area contributed by atoms with Crippen molar-refractivity contribution in [3.05, 3.63) is 44.8 Å². The number of aliphatic imine (C=N–C) groups is 1. The van der Waals surface area contributed by atoms with Crippen molar-refractivity contribution in [2.75, 3.05) is 13.6 Å². The van der Waals surface area contributed by atoms with E-state index < -0.39 is 0 Å². The normalized spacial score (nSPS) is 11.2. The molecular weight excluding hydrogens is 475 g/mol. The van der Waals surface area contributed by atoms with Crippen LogP contribution in [0.25, 0.3) is 0 Å². The molecule has 0 fully saturated rings. The van der Waals surface area contributed by atoms with Crippen LogP contribution in [0.5, 0.6) is 0 Å². The number of nitrogens with zero attached hydrogens (tertiary/aromatic N) is 3. The van der Waals surface area contributed by atoms with Crippen LogP contribution in [0, 0.1) is 0 Å². The van der Waals surface area contributed by atoms with Crippen LogP contribution in [0.15, 0.2) is 39.2 Å². The summed E-state index contributed by atoms with van der Waals surface area (Å²) in [6.45, 7) is 4.50. The Hall–Kier alpha value is -0.540. The van der Waals surface area contributed by atoms with Gasteiger partial charge in [-0.3, -0.25) is 0 Å². The highest BCUT2D eigenvalue weighted by Crippen LogP contribution is 2.22. The van der Waals surface area contributed by atoms with Crippen LogP contribution in [0.1, 0.15) is 17.5 Å². The van der Waals surface area contributed by atoms with E-state index in [-0.39, 0.29) is 24.0 Å². The van der Waals surface area contributed by atoms with Crippen molar-refractivity contribution in [3.8, 4) is 0 Å². The van der Waals surface area contributed by atoms with Gasteiger partial charge < -0.3 is 14.8 Å². The van der Waals surface area contributed by atoms with Gasteiger partial charge in [-0.2, -0.15) is 0 Å². The van der Waals surface area contributed by atoms with E-state index in [2.05, 4.69) is 82.2 Å². The SMILES string of the molecule is CCNC(=NCc1ccc(Br)s1)N(C)Cc1cccn1C.I. The first-order valence-electron chi connectivity index (χ1n) is 6.94. The highest BCUT2D eigenvalue weighted by molar-refractivity contribution is 14.0. The third-order valence-electron chi connectivity index (χ3n) is 3.16. The molecule has 0 radical (unpaired) electrons. The molecule has 2 rings (SSSR count). The largest absolute Gasteiger partial charge is 0.357 e. The topological polar surface area (TPSA) is 32.6 Å². The predicted molar refractivity (Wildman–Crippen MR) is 109 cm³/mol. The molecule has 4 nitrogen and oxygen atoms in total. The molecule has 2 aromatic heterocycles. The molecule has 2 heterocycles. The number of rotatable bonds is 5. The summed E-state index contributed by atoms with van der Waals surface area (Å²) in [5.74, 6) is 0.934. The first kappa shape index (κ1) is 19.5. The molecular formula is C15H22BrIN4S. The molecule has 0 aliphatic heterocycles. The van der Waals surface area contributed by atoms with Crippen molar-refractivity contribution in [2.24, 2.45) is 12.0 Å². The molecule has 0 unspecified atom stereocenters. The Morgan fingerprint density at radius 2 is 2.18 bits per heavy atom. The van der Waals surface area contributed by atoms with Crippen LogP contribution < -0.4 is 5.32 Å². The van der Waals surface area contributed by atoms with Crippen molar-refractivity contribution >= 4 is 57.2 Å². The van der Waals surface area contributed by atoms with Crippen molar-refractivity contribution in [2.45, 2.75) is 20.0 Å². The molecule has 0 saturated heterocycles. The summed E-state index contributed by atoms with van der Waals surface area (Å²) in [7, 11) is 4.13. The fourth-order valence-corrected chi connectivity index (χ4v) is 3.45. The first-order chi connectivity index (χ1) is 10.1. The van der Waals surface area contributed by atoms with Crippen LogP contribution in [-0.4, -0.2) is 29.0 Å². The molecule has 0 amide bonds. The number of hydrogen-bond donors (Lipinski definition) is 1. The maximum Gasteiger partial charge on any atom is 0.194 e. The molecule has 0 spiro atoms. The summed E-state index contributed by atoms with van der Waals surface area (Å²) in [5.41, 5.74) is 1.27. The molecule has 0 aliphatic carbocycles. The fraction of sp³-hybridized carbons (Fsp3) is 0.400. The van der Waals surface area contributed by atoms with Gasteiger partial charge in [-0.15, -0.1) is 35.3 Å². The van der Waals surface area contributed by atoms with Crippen LogP contribution in [0.4, 0.5) is 0 Å². The number of aryl methyl sites for hydroxylation is 1. The van der Waals surface area contributed by atoms with Gasteiger partial charge in [-0.25, -0.2) is 4.99 Å². The smallest absolute Gasteiger partial charge is 0.194 e. The number of nitrogens with one attached hydrogen (secondary N) is 1. The lowest BCUT2D eigenvalue weighted by molar-refractivity contribution is 0.462. The number of guanidine groups is 1. The van der Waals surface area contributed by atoms with E-state index >= 15 is 0 Å². The Morgan fingerprint density at radius 3 is 2.73 bits per heavy atom. The Kier molecular flexibility index (Phi) is 8.48. The minimum Gasteiger partial charge on any atom is -0.357 e. The lowest BCUT2D eigenvalue weighted by Crippen LogP contribution is -2.38. The zero-order valence-electron chi connectivity index (χ0n) is 13.0. The van der Waals surface area contributed by atoms with Crippen molar-refractivity contribution < 1.29 is 0 Å². The molecule has 122 valence electrons. The van der Waals surface area contributed by atoms with E-state index in [0.717, 1.165) is 22.8 Å². The molecule has 1 N–H and O–H groups in total. The van der Waals surface area contributed by atoms with Crippen molar-refractivity contribution in [1.29, 1.82) is 0 Å². The van der Waals surface area contributed by atoms with Crippen molar-refractivity contribution in [3.63, 3.8) is 0 Å². The zero-order valence-corrected chi connectivity index (χ0v) is 17.8. The third-order valence-corrected chi connectivity index (χ3v) is 4.77. The first-order valence-corrected chi connectivity index (χ1v) is 8.55. The third kappa shape index (κ3) is 5.58. The monoisotopic (exact) mass is 496 g/mol. The standard InChI is InChI=1S/C15H21BrN4S.HI/c1-4-17-15(18-10-13-7-8-14(16)21-13)20(3)11-12-6-5-9-19(12)2;/h5-9H,4,10-11H2,1-3H3,(H,17,18);1H. The van der Waals surface area contributed by atoms with Gasteiger partial charge in [0.15, 0.2) is 5.96 Å². The van der Waals surface area contributed by atoms with E-state index in [9.17, 15) is 0 Å². The quantitative estimate of drug-likeness (QED) is 0.384. The van der Waals surface area contributed by atoms with Crippen molar-refractivity contribution in [1.82, 2.24) is 14.8 Å². The Labute approximate surface area is 161 Å². The average Bonchev–Trinajstić information content (AvgIpc) is 3.04. The number of aromatic nitrogens is 1. The van der Waals surface area contributed by atoms with Crippen LogP contribution >= 0.6 is 51.2 Å². The molecule has 0 atom stereocenters. The molecule has 0 saturated carbocycles. The van der Waals surface area contributed by atoms with Gasteiger partial charge >= 0.3 is 0 Å². The second-order valence-corrected chi connectivity index (χ2v) is 7.39. The highest BCUT2D eigenvalue weighted by atomic mass is 127. The van der Waals surface area contributed by atoms with E-state index in [1.807, 2.05) is 0 Å². The van der Waals surface area contributed by atoms with Gasteiger partial charge in [0.25, 0.3) is 0 Å². The van der Waals surface area contributed by atoms with E-state index in [1.54, 1.807) is 11.3 Å². The van der Waals surface area contributed by atoms with E-state index in [0.29, 0.717) is 6.54 Å². The molecule has 2 aromatic rings. The maximum absolute atomic E-state index is 4.72. The molecule has 0 aliphatic rings. The van der Waals surface area contributed by atoms with E-state index in [1.165, 1.54) is 10.6 Å². The average molecular weight is 497 g/mol. The summed E-state index contributed by atoms with van der Waals surface area (Å²) < 4.78 is 3.28. The second-order valence-electron chi connectivity index (χ2n) is 4.84. The number of hydrogen-bond acceptors (Lipinski definition) is 2.